The molecule has 2 heterocycles. The molecule has 9 heteroatoms. The van der Waals surface area contributed by atoms with E-state index in [2.05, 4.69) is 10.1 Å². The van der Waals surface area contributed by atoms with Crippen LogP contribution in [0.15, 0.2) is 47.7 Å². The zero-order chi connectivity index (χ0) is 18.5. The molecule has 2 aromatic rings. The Morgan fingerprint density at radius 1 is 1.08 bits per heavy atom. The van der Waals surface area contributed by atoms with Gasteiger partial charge >= 0.3 is 0 Å². The first-order valence-electron chi connectivity index (χ1n) is 8.09. The van der Waals surface area contributed by atoms with E-state index < -0.39 is 5.03 Å². The molecule has 0 atom stereocenters. The summed E-state index contributed by atoms with van der Waals surface area (Å²) in [5.74, 6) is 0.374. The minimum absolute atomic E-state index is 0.374. The number of nitrogens with zero attached hydrogens (tertiary/aromatic N) is 5. The topological polar surface area (TPSA) is 74.9 Å². The molecule has 1 aliphatic heterocycles. The Morgan fingerprint density at radius 3 is 2.42 bits per heavy atom. The summed E-state index contributed by atoms with van der Waals surface area (Å²) in [7, 11) is 0. The molecule has 26 heavy (non-hydrogen) atoms. The van der Waals surface area contributed by atoms with E-state index in [1.54, 1.807) is 12.3 Å². The Kier molecular flexibility index (Phi) is 5.90. The van der Waals surface area contributed by atoms with Crippen molar-refractivity contribution in [2.75, 3.05) is 19.6 Å². The highest BCUT2D eigenvalue weighted by molar-refractivity contribution is 6.30. The Labute approximate surface area is 161 Å². The van der Waals surface area contributed by atoms with Crippen LogP contribution in [0.4, 0.5) is 0 Å². The van der Waals surface area contributed by atoms with Gasteiger partial charge in [0.05, 0.1) is 0 Å². The maximum Gasteiger partial charge on any atom is 0.274 e. The summed E-state index contributed by atoms with van der Waals surface area (Å²) < 4.78 is 0. The van der Waals surface area contributed by atoms with Crippen LogP contribution in [0, 0.1) is 10.1 Å². The smallest absolute Gasteiger partial charge is 0.274 e. The monoisotopic (exact) mass is 393 g/mol. The molecule has 0 N–H and O–H groups in total. The van der Waals surface area contributed by atoms with Gasteiger partial charge in [0.25, 0.3) is 5.96 Å². The molecule has 7 nitrogen and oxygen atoms in total. The number of halogens is 2. The van der Waals surface area contributed by atoms with E-state index in [-0.39, 0.29) is 0 Å². The maximum absolute atomic E-state index is 11.0. The molecule has 0 aliphatic carbocycles. The second-order valence-electron chi connectivity index (χ2n) is 5.91. The van der Waals surface area contributed by atoms with Crippen molar-refractivity contribution in [1.82, 2.24) is 14.8 Å². The lowest BCUT2D eigenvalue weighted by atomic mass is 10.1. The number of benzene rings is 1. The lowest BCUT2D eigenvalue weighted by Gasteiger charge is -2.20. The van der Waals surface area contributed by atoms with Crippen molar-refractivity contribution in [3.05, 3.63) is 74.0 Å². The summed E-state index contributed by atoms with van der Waals surface area (Å²) in [6.45, 7) is 2.48. The van der Waals surface area contributed by atoms with Crippen LogP contribution >= 0.6 is 23.2 Å². The number of rotatable bonds is 6. The molecule has 1 aliphatic rings. The van der Waals surface area contributed by atoms with Crippen molar-refractivity contribution in [3.63, 3.8) is 0 Å². The number of aromatic nitrogens is 1. The van der Waals surface area contributed by atoms with E-state index in [0.29, 0.717) is 42.3 Å². The molecular formula is C17H17Cl2N5O2. The molecule has 0 bridgehead atoms. The second-order valence-corrected chi connectivity index (χ2v) is 6.74. The second kappa shape index (κ2) is 8.33. The van der Waals surface area contributed by atoms with Crippen LogP contribution in [-0.4, -0.2) is 45.4 Å². The fourth-order valence-corrected chi connectivity index (χ4v) is 3.08. The van der Waals surface area contributed by atoms with Gasteiger partial charge in [-0.15, -0.1) is 0 Å². The largest absolute Gasteiger partial charge is 0.335 e. The van der Waals surface area contributed by atoms with Gasteiger partial charge in [-0.3, -0.25) is 0 Å². The highest BCUT2D eigenvalue weighted by atomic mass is 35.5. The van der Waals surface area contributed by atoms with E-state index in [4.69, 9.17) is 23.2 Å². The van der Waals surface area contributed by atoms with Crippen LogP contribution in [0.1, 0.15) is 11.1 Å². The van der Waals surface area contributed by atoms with Gasteiger partial charge < -0.3 is 9.80 Å². The van der Waals surface area contributed by atoms with Crippen LogP contribution in [0.25, 0.3) is 0 Å². The minimum Gasteiger partial charge on any atom is -0.335 e. The third kappa shape index (κ3) is 4.83. The lowest BCUT2D eigenvalue weighted by Crippen LogP contribution is -2.35. The normalized spacial score (nSPS) is 15.7. The molecule has 0 amide bonds. The predicted octanol–water partition coefficient (Wildman–Crippen LogP) is 3.30. The van der Waals surface area contributed by atoms with Gasteiger partial charge in [0.15, 0.2) is 5.03 Å². The summed E-state index contributed by atoms with van der Waals surface area (Å²) in [6, 6.07) is 11.2. The van der Waals surface area contributed by atoms with Gasteiger partial charge in [0.1, 0.15) is 10.3 Å². The quantitative estimate of drug-likeness (QED) is 0.427. The molecule has 0 saturated carbocycles. The van der Waals surface area contributed by atoms with E-state index in [0.717, 1.165) is 17.5 Å². The zero-order valence-electron chi connectivity index (χ0n) is 13.9. The van der Waals surface area contributed by atoms with Crippen molar-refractivity contribution in [1.29, 1.82) is 0 Å². The molecule has 1 saturated heterocycles. The summed E-state index contributed by atoms with van der Waals surface area (Å²) in [6.07, 6.45) is 2.42. The Hall–Kier alpha value is -2.38. The average Bonchev–Trinajstić information content (AvgIpc) is 2.97. The van der Waals surface area contributed by atoms with Crippen LogP contribution in [0.5, 0.6) is 0 Å². The predicted molar refractivity (Wildman–Crippen MR) is 101 cm³/mol. The van der Waals surface area contributed by atoms with Gasteiger partial charge in [-0.05, 0) is 35.7 Å². The van der Waals surface area contributed by atoms with Crippen LogP contribution in [0.3, 0.4) is 0 Å². The third-order valence-corrected chi connectivity index (χ3v) is 4.60. The molecule has 0 spiro atoms. The molecule has 0 radical (unpaired) electrons. The zero-order valence-corrected chi connectivity index (χ0v) is 15.4. The van der Waals surface area contributed by atoms with Crippen molar-refractivity contribution in [3.8, 4) is 0 Å². The molecule has 1 fully saturated rings. The highest BCUT2D eigenvalue weighted by Gasteiger charge is 2.29. The number of hydrogen-bond acceptors (Lipinski definition) is 3. The van der Waals surface area contributed by atoms with E-state index in [1.807, 2.05) is 40.1 Å². The lowest BCUT2D eigenvalue weighted by molar-refractivity contribution is -0.486. The maximum atomic E-state index is 11.0. The summed E-state index contributed by atoms with van der Waals surface area (Å²) in [5, 5.41) is 15.0. The van der Waals surface area contributed by atoms with Crippen molar-refractivity contribution < 1.29 is 5.03 Å². The summed E-state index contributed by atoms with van der Waals surface area (Å²) in [4.78, 5) is 18.8. The molecule has 1 aromatic carbocycles. The molecular weight excluding hydrogens is 377 g/mol. The molecule has 136 valence electrons. The highest BCUT2D eigenvalue weighted by Crippen LogP contribution is 2.16. The Balaban J connectivity index is 1.68. The van der Waals surface area contributed by atoms with Crippen LogP contribution in [0.2, 0.25) is 10.2 Å². The van der Waals surface area contributed by atoms with Crippen molar-refractivity contribution >= 4 is 29.2 Å². The summed E-state index contributed by atoms with van der Waals surface area (Å²) in [5.41, 5.74) is 2.04. The standard InChI is InChI=1S/C17H17Cl2N5O2/c18-15-4-1-13(2-5-15)7-8-22-9-10-23(17(22)21-24(25)26)12-14-3-6-16(19)20-11-14/h1-6,11H,7-10,12H2. The van der Waals surface area contributed by atoms with Gasteiger partial charge in [-0.1, -0.05) is 41.4 Å². The SMILES string of the molecule is O=[N+]([O-])N=C1N(CCc2ccc(Cl)cc2)CCN1Cc1ccc(Cl)nc1. The van der Waals surface area contributed by atoms with Crippen molar-refractivity contribution in [2.24, 2.45) is 5.10 Å². The van der Waals surface area contributed by atoms with Gasteiger partial charge in [0.2, 0.25) is 0 Å². The fraction of sp³-hybridized carbons (Fsp3) is 0.294. The fourth-order valence-electron chi connectivity index (χ4n) is 2.84. The van der Waals surface area contributed by atoms with Gasteiger partial charge in [-0.2, -0.15) is 0 Å². The van der Waals surface area contributed by atoms with Crippen LogP contribution in [-0.2, 0) is 13.0 Å². The number of pyridine rings is 1. The Bertz CT molecular complexity index is 796. The number of hydrogen-bond donors (Lipinski definition) is 0. The van der Waals surface area contributed by atoms with Gasteiger partial charge in [-0.25, -0.2) is 15.1 Å². The van der Waals surface area contributed by atoms with Gasteiger partial charge in [0, 0.05) is 37.4 Å². The number of guanidine groups is 1. The molecule has 0 unspecified atom stereocenters. The first-order chi connectivity index (χ1) is 12.5. The molecule has 1 aromatic heterocycles. The Morgan fingerprint density at radius 2 is 1.77 bits per heavy atom. The van der Waals surface area contributed by atoms with E-state index in [9.17, 15) is 10.1 Å². The average molecular weight is 394 g/mol. The van der Waals surface area contributed by atoms with Crippen molar-refractivity contribution in [2.45, 2.75) is 13.0 Å². The van der Waals surface area contributed by atoms with E-state index >= 15 is 0 Å². The first kappa shape index (κ1) is 18.4. The van der Waals surface area contributed by atoms with Crippen LogP contribution < -0.4 is 0 Å². The number of hydrazone groups is 1. The minimum atomic E-state index is -0.650. The van der Waals surface area contributed by atoms with E-state index in [1.165, 1.54) is 0 Å². The summed E-state index contributed by atoms with van der Waals surface area (Å²) >= 11 is 11.7. The number of nitro groups is 1. The molecule has 3 rings (SSSR count). The third-order valence-electron chi connectivity index (χ3n) is 4.12. The first-order valence-corrected chi connectivity index (χ1v) is 8.84.